The van der Waals surface area contributed by atoms with Crippen LogP contribution in [0.1, 0.15) is 46.3 Å². The van der Waals surface area contributed by atoms with Crippen molar-refractivity contribution in [3.05, 3.63) is 89.0 Å². The first-order valence-corrected chi connectivity index (χ1v) is 15.8. The van der Waals surface area contributed by atoms with E-state index in [0.29, 0.717) is 30.0 Å². The van der Waals surface area contributed by atoms with Gasteiger partial charge in [-0.25, -0.2) is 16.8 Å². The summed E-state index contributed by atoms with van der Waals surface area (Å²) >= 11 is 0. The minimum Gasteiger partial charge on any atom is -0.322 e. The fourth-order valence-electron chi connectivity index (χ4n) is 4.46. The standard InChI is InChI=1S/C28H33N3O5S2/c1-21-7-8-22(2)27(19-21)31(37(3,33)34)20-23-9-11-24(12-10-23)28(32)29-25-13-15-26(16-14-25)38(35,36)30-17-5-4-6-18-30/h7-16,19H,4-6,17-18,20H2,1-3H3,(H,29,32). The molecule has 8 nitrogen and oxygen atoms in total. The van der Waals surface area contributed by atoms with E-state index >= 15 is 0 Å². The molecule has 0 saturated carbocycles. The fraction of sp³-hybridized carbons (Fsp3) is 0.321. The number of sulfonamides is 2. The number of amides is 1. The molecule has 0 spiro atoms. The number of carbonyl (C=O) groups excluding carboxylic acids is 1. The molecule has 1 saturated heterocycles. The predicted octanol–water partition coefficient (Wildman–Crippen LogP) is 4.70. The average molecular weight is 556 g/mol. The van der Waals surface area contributed by atoms with E-state index in [9.17, 15) is 21.6 Å². The van der Waals surface area contributed by atoms with Gasteiger partial charge in [0.1, 0.15) is 0 Å². The van der Waals surface area contributed by atoms with Crippen LogP contribution in [0.5, 0.6) is 0 Å². The molecule has 10 heteroatoms. The van der Waals surface area contributed by atoms with Gasteiger partial charge in [0.05, 0.1) is 23.4 Å². The van der Waals surface area contributed by atoms with E-state index in [4.69, 9.17) is 0 Å². The van der Waals surface area contributed by atoms with Gasteiger partial charge < -0.3 is 5.32 Å². The van der Waals surface area contributed by atoms with E-state index in [1.54, 1.807) is 36.4 Å². The molecule has 4 rings (SSSR count). The Morgan fingerprint density at radius 1 is 0.868 bits per heavy atom. The lowest BCUT2D eigenvalue weighted by Gasteiger charge is -2.25. The van der Waals surface area contributed by atoms with Crippen molar-refractivity contribution in [1.82, 2.24) is 4.31 Å². The molecule has 1 fully saturated rings. The van der Waals surface area contributed by atoms with Crippen LogP contribution in [-0.4, -0.2) is 46.4 Å². The van der Waals surface area contributed by atoms with E-state index in [-0.39, 0.29) is 17.3 Å². The van der Waals surface area contributed by atoms with Crippen LogP contribution < -0.4 is 9.62 Å². The first-order valence-electron chi connectivity index (χ1n) is 12.5. The Bertz CT molecular complexity index is 1510. The van der Waals surface area contributed by atoms with Crippen LogP contribution in [0.15, 0.2) is 71.6 Å². The number of nitrogens with zero attached hydrogens (tertiary/aromatic N) is 2. The highest BCUT2D eigenvalue weighted by molar-refractivity contribution is 7.92. The van der Waals surface area contributed by atoms with Gasteiger partial charge in [-0.05, 0) is 85.8 Å². The summed E-state index contributed by atoms with van der Waals surface area (Å²) in [5.41, 5.74) is 4.06. The number of carbonyl (C=O) groups is 1. The van der Waals surface area contributed by atoms with E-state index in [0.717, 1.165) is 36.0 Å². The van der Waals surface area contributed by atoms with E-state index < -0.39 is 20.0 Å². The molecule has 0 atom stereocenters. The highest BCUT2D eigenvalue weighted by Crippen LogP contribution is 2.26. The molecule has 0 radical (unpaired) electrons. The second-order valence-corrected chi connectivity index (χ2v) is 13.5. The molecule has 1 aliphatic rings. The van der Waals surface area contributed by atoms with Crippen molar-refractivity contribution in [1.29, 1.82) is 0 Å². The number of rotatable bonds is 8. The molecule has 0 bridgehead atoms. The zero-order chi connectivity index (χ0) is 27.5. The second-order valence-electron chi connectivity index (χ2n) is 9.70. The highest BCUT2D eigenvalue weighted by atomic mass is 32.2. The van der Waals surface area contributed by atoms with Crippen LogP contribution in [0, 0.1) is 13.8 Å². The molecular weight excluding hydrogens is 522 g/mol. The maximum atomic E-state index is 12.8. The number of aryl methyl sites for hydroxylation is 2. The lowest BCUT2D eigenvalue weighted by Crippen LogP contribution is -2.35. The number of benzene rings is 3. The quantitative estimate of drug-likeness (QED) is 0.434. The Morgan fingerprint density at radius 2 is 1.50 bits per heavy atom. The molecule has 3 aromatic carbocycles. The summed E-state index contributed by atoms with van der Waals surface area (Å²) in [5, 5.41) is 2.79. The summed E-state index contributed by atoms with van der Waals surface area (Å²) in [6, 6.07) is 18.6. The third-order valence-corrected chi connectivity index (χ3v) is 9.68. The third kappa shape index (κ3) is 6.43. The number of hydrogen-bond donors (Lipinski definition) is 1. The zero-order valence-electron chi connectivity index (χ0n) is 21.8. The molecule has 3 aromatic rings. The van der Waals surface area contributed by atoms with Gasteiger partial charge in [0.25, 0.3) is 5.91 Å². The van der Waals surface area contributed by atoms with Crippen molar-refractivity contribution in [3.8, 4) is 0 Å². The first kappa shape index (κ1) is 27.8. The number of anilines is 2. The fourth-order valence-corrected chi connectivity index (χ4v) is 6.92. The maximum Gasteiger partial charge on any atom is 0.255 e. The summed E-state index contributed by atoms with van der Waals surface area (Å²) in [5.74, 6) is -0.349. The number of nitrogens with one attached hydrogen (secondary N) is 1. The van der Waals surface area contributed by atoms with Gasteiger partial charge in [0.2, 0.25) is 20.0 Å². The summed E-state index contributed by atoms with van der Waals surface area (Å²) in [6.45, 7) is 4.98. The van der Waals surface area contributed by atoms with Crippen molar-refractivity contribution >= 4 is 37.3 Å². The number of hydrogen-bond acceptors (Lipinski definition) is 5. The maximum absolute atomic E-state index is 12.8. The van der Waals surface area contributed by atoms with Crippen LogP contribution in [-0.2, 0) is 26.6 Å². The van der Waals surface area contributed by atoms with Crippen molar-refractivity contribution in [2.75, 3.05) is 29.0 Å². The van der Waals surface area contributed by atoms with E-state index in [1.807, 2.05) is 32.0 Å². The number of piperidine rings is 1. The molecule has 1 heterocycles. The van der Waals surface area contributed by atoms with Crippen LogP contribution in [0.25, 0.3) is 0 Å². The first-order chi connectivity index (χ1) is 17.9. The van der Waals surface area contributed by atoms with E-state index in [2.05, 4.69) is 5.32 Å². The molecule has 38 heavy (non-hydrogen) atoms. The van der Waals surface area contributed by atoms with Crippen LogP contribution in [0.4, 0.5) is 11.4 Å². The topological polar surface area (TPSA) is 104 Å². The van der Waals surface area contributed by atoms with Gasteiger partial charge in [-0.15, -0.1) is 0 Å². The minimum atomic E-state index is -3.54. The predicted molar refractivity (Wildman–Crippen MR) is 150 cm³/mol. The molecule has 0 aromatic heterocycles. The van der Waals surface area contributed by atoms with E-state index in [1.165, 1.54) is 27.0 Å². The molecule has 0 aliphatic carbocycles. The van der Waals surface area contributed by atoms with Crippen molar-refractivity contribution in [2.45, 2.75) is 44.6 Å². The highest BCUT2D eigenvalue weighted by Gasteiger charge is 2.26. The van der Waals surface area contributed by atoms with Crippen molar-refractivity contribution in [3.63, 3.8) is 0 Å². The lowest BCUT2D eigenvalue weighted by molar-refractivity contribution is 0.102. The van der Waals surface area contributed by atoms with Gasteiger partial charge >= 0.3 is 0 Å². The zero-order valence-corrected chi connectivity index (χ0v) is 23.5. The van der Waals surface area contributed by atoms with Gasteiger partial charge in [0.15, 0.2) is 0 Å². The van der Waals surface area contributed by atoms with Crippen molar-refractivity contribution in [2.24, 2.45) is 0 Å². The summed E-state index contributed by atoms with van der Waals surface area (Å²) in [6.07, 6.45) is 3.95. The van der Waals surface area contributed by atoms with Gasteiger partial charge in [-0.1, -0.05) is 30.7 Å². The van der Waals surface area contributed by atoms with Gasteiger partial charge in [-0.2, -0.15) is 4.31 Å². The average Bonchev–Trinajstić information content (AvgIpc) is 2.89. The summed E-state index contributed by atoms with van der Waals surface area (Å²) in [7, 11) is -7.07. The monoisotopic (exact) mass is 555 g/mol. The summed E-state index contributed by atoms with van der Waals surface area (Å²) < 4.78 is 53.7. The minimum absolute atomic E-state index is 0.137. The summed E-state index contributed by atoms with van der Waals surface area (Å²) in [4.78, 5) is 13.0. The smallest absolute Gasteiger partial charge is 0.255 e. The van der Waals surface area contributed by atoms with Crippen LogP contribution in [0.2, 0.25) is 0 Å². The largest absolute Gasteiger partial charge is 0.322 e. The molecule has 1 N–H and O–H groups in total. The molecular formula is C28H33N3O5S2. The van der Waals surface area contributed by atoms with Gasteiger partial charge in [-0.3, -0.25) is 9.10 Å². The SMILES string of the molecule is Cc1ccc(C)c(N(Cc2ccc(C(=O)Nc3ccc(S(=O)(=O)N4CCCCC4)cc3)cc2)S(C)(=O)=O)c1. The third-order valence-electron chi connectivity index (χ3n) is 6.64. The Hall–Kier alpha value is -3.21. The molecule has 1 aliphatic heterocycles. The van der Waals surface area contributed by atoms with Crippen LogP contribution in [0.3, 0.4) is 0 Å². The van der Waals surface area contributed by atoms with Crippen molar-refractivity contribution < 1.29 is 21.6 Å². The normalized spacial score (nSPS) is 14.7. The molecule has 1 amide bonds. The van der Waals surface area contributed by atoms with Crippen LogP contribution >= 0.6 is 0 Å². The molecule has 202 valence electrons. The lowest BCUT2D eigenvalue weighted by atomic mass is 10.1. The second kappa shape index (κ2) is 11.3. The Balaban J connectivity index is 1.44. The molecule has 0 unspecified atom stereocenters. The van der Waals surface area contributed by atoms with Gasteiger partial charge in [0, 0.05) is 24.3 Å². The Labute approximate surface area is 225 Å². The Morgan fingerprint density at radius 3 is 2.11 bits per heavy atom. The Kier molecular flexibility index (Phi) is 8.25.